The summed E-state index contributed by atoms with van der Waals surface area (Å²) in [5.41, 5.74) is 0.993. The SMILES string of the molecule is Cc1cc(/C=C/S)ns1. The predicted molar refractivity (Wildman–Crippen MR) is 44.9 cm³/mol. The molecule has 0 unspecified atom stereocenters. The first kappa shape index (κ1) is 6.83. The smallest absolute Gasteiger partial charge is 0.0776 e. The van der Waals surface area contributed by atoms with Gasteiger partial charge in [0.15, 0.2) is 0 Å². The van der Waals surface area contributed by atoms with Crippen LogP contribution in [0.2, 0.25) is 0 Å². The van der Waals surface area contributed by atoms with Gasteiger partial charge in [-0.2, -0.15) is 17.0 Å². The van der Waals surface area contributed by atoms with Crippen LogP contribution in [0.1, 0.15) is 10.6 Å². The van der Waals surface area contributed by atoms with E-state index in [0.29, 0.717) is 0 Å². The first-order chi connectivity index (χ1) is 4.33. The highest BCUT2D eigenvalue weighted by atomic mass is 32.1. The van der Waals surface area contributed by atoms with Gasteiger partial charge in [0.05, 0.1) is 5.69 Å². The van der Waals surface area contributed by atoms with E-state index in [1.54, 1.807) is 5.41 Å². The molecule has 1 heterocycles. The van der Waals surface area contributed by atoms with E-state index in [1.165, 1.54) is 16.4 Å². The molecule has 0 bridgehead atoms. The van der Waals surface area contributed by atoms with Crippen molar-refractivity contribution in [2.75, 3.05) is 0 Å². The maximum atomic E-state index is 4.11. The van der Waals surface area contributed by atoms with Crippen molar-refractivity contribution in [2.24, 2.45) is 0 Å². The van der Waals surface area contributed by atoms with E-state index in [0.717, 1.165) is 5.69 Å². The fraction of sp³-hybridized carbons (Fsp3) is 0.167. The zero-order valence-electron chi connectivity index (χ0n) is 5.03. The van der Waals surface area contributed by atoms with Crippen LogP contribution in [0.4, 0.5) is 0 Å². The average Bonchev–Trinajstić information content (AvgIpc) is 2.17. The van der Waals surface area contributed by atoms with Crippen molar-refractivity contribution in [3.63, 3.8) is 0 Å². The van der Waals surface area contributed by atoms with Crippen LogP contribution in [-0.2, 0) is 0 Å². The predicted octanol–water partition coefficient (Wildman–Crippen LogP) is 2.35. The zero-order valence-corrected chi connectivity index (χ0v) is 6.75. The van der Waals surface area contributed by atoms with Gasteiger partial charge in [-0.1, -0.05) is 0 Å². The largest absolute Gasteiger partial charge is 0.193 e. The number of rotatable bonds is 1. The molecule has 0 aliphatic rings. The lowest BCUT2D eigenvalue weighted by Crippen LogP contribution is -1.62. The maximum Gasteiger partial charge on any atom is 0.0776 e. The van der Waals surface area contributed by atoms with Gasteiger partial charge in [-0.05, 0) is 36.0 Å². The van der Waals surface area contributed by atoms with Crippen LogP contribution in [0.25, 0.3) is 6.08 Å². The summed E-state index contributed by atoms with van der Waals surface area (Å²) >= 11 is 5.43. The van der Waals surface area contributed by atoms with E-state index >= 15 is 0 Å². The zero-order chi connectivity index (χ0) is 6.69. The van der Waals surface area contributed by atoms with Gasteiger partial charge in [-0.15, -0.1) is 0 Å². The van der Waals surface area contributed by atoms with Crippen molar-refractivity contribution in [2.45, 2.75) is 6.92 Å². The second kappa shape index (κ2) is 3.03. The highest BCUT2D eigenvalue weighted by Crippen LogP contribution is 2.09. The summed E-state index contributed by atoms with van der Waals surface area (Å²) in [6.45, 7) is 2.04. The molecule has 1 rings (SSSR count). The van der Waals surface area contributed by atoms with Crippen molar-refractivity contribution in [3.8, 4) is 0 Å². The monoisotopic (exact) mass is 157 g/mol. The van der Waals surface area contributed by atoms with Gasteiger partial charge < -0.3 is 0 Å². The van der Waals surface area contributed by atoms with Crippen LogP contribution < -0.4 is 0 Å². The summed E-state index contributed by atoms with van der Waals surface area (Å²) in [4.78, 5) is 1.23. The molecule has 0 spiro atoms. The first-order valence-electron chi connectivity index (χ1n) is 2.57. The molecule has 1 aromatic rings. The second-order valence-electron chi connectivity index (χ2n) is 1.68. The lowest BCUT2D eigenvalue weighted by Gasteiger charge is -1.74. The number of thiol groups is 1. The number of nitrogens with zero attached hydrogens (tertiary/aromatic N) is 1. The molecule has 0 N–H and O–H groups in total. The fourth-order valence-corrected chi connectivity index (χ4v) is 1.23. The van der Waals surface area contributed by atoms with Crippen LogP contribution in [0.15, 0.2) is 11.5 Å². The van der Waals surface area contributed by atoms with Crippen molar-refractivity contribution in [1.29, 1.82) is 0 Å². The summed E-state index contributed by atoms with van der Waals surface area (Å²) in [5, 5.41) is 1.69. The molecule has 1 aromatic heterocycles. The quantitative estimate of drug-likeness (QED) is 0.617. The van der Waals surface area contributed by atoms with Gasteiger partial charge in [0.1, 0.15) is 0 Å². The highest BCUT2D eigenvalue weighted by Gasteiger charge is 1.90. The maximum absolute atomic E-state index is 4.11. The van der Waals surface area contributed by atoms with E-state index in [4.69, 9.17) is 0 Å². The molecule has 0 amide bonds. The molecular formula is C6H7NS2. The molecule has 0 aliphatic carbocycles. The molecule has 0 aliphatic heterocycles. The minimum Gasteiger partial charge on any atom is -0.193 e. The topological polar surface area (TPSA) is 12.9 Å². The summed E-state index contributed by atoms with van der Waals surface area (Å²) < 4.78 is 4.11. The lowest BCUT2D eigenvalue weighted by molar-refractivity contribution is 1.51. The van der Waals surface area contributed by atoms with E-state index in [2.05, 4.69) is 17.0 Å². The summed E-state index contributed by atoms with van der Waals surface area (Å²) in [7, 11) is 0. The van der Waals surface area contributed by atoms with Crippen molar-refractivity contribution < 1.29 is 0 Å². The molecule has 0 aromatic carbocycles. The Kier molecular flexibility index (Phi) is 2.30. The molecule has 48 valence electrons. The standard InChI is InChI=1S/C6H7NS2/c1-5-4-6(2-3-8)7-9-5/h2-4,8H,1H3/b3-2+. The molecule has 3 heteroatoms. The van der Waals surface area contributed by atoms with E-state index in [-0.39, 0.29) is 0 Å². The summed E-state index contributed by atoms with van der Waals surface area (Å²) in [5.74, 6) is 0. The van der Waals surface area contributed by atoms with Crippen LogP contribution in [-0.4, -0.2) is 4.37 Å². The molecule has 0 saturated heterocycles. The number of hydrogen-bond donors (Lipinski definition) is 1. The first-order valence-corrected chi connectivity index (χ1v) is 3.86. The van der Waals surface area contributed by atoms with Gasteiger partial charge in [0, 0.05) is 4.88 Å². The molecule has 0 saturated carbocycles. The average molecular weight is 157 g/mol. The third-order valence-electron chi connectivity index (χ3n) is 0.891. The number of hydrogen-bond acceptors (Lipinski definition) is 3. The van der Waals surface area contributed by atoms with E-state index < -0.39 is 0 Å². The Bertz CT molecular complexity index is 215. The minimum atomic E-state index is 0.993. The molecule has 0 radical (unpaired) electrons. The molecular weight excluding hydrogens is 150 g/mol. The van der Waals surface area contributed by atoms with Crippen LogP contribution in [0.5, 0.6) is 0 Å². The summed E-state index contributed by atoms with van der Waals surface area (Å²) in [6.07, 6.45) is 1.87. The molecule has 9 heavy (non-hydrogen) atoms. The highest BCUT2D eigenvalue weighted by molar-refractivity contribution is 7.83. The number of aryl methyl sites for hydroxylation is 1. The van der Waals surface area contributed by atoms with Crippen LogP contribution in [0, 0.1) is 6.92 Å². The van der Waals surface area contributed by atoms with Gasteiger partial charge in [-0.3, -0.25) is 0 Å². The van der Waals surface area contributed by atoms with Crippen molar-refractivity contribution >= 4 is 30.2 Å². The number of aromatic nitrogens is 1. The van der Waals surface area contributed by atoms with E-state index in [9.17, 15) is 0 Å². The fourth-order valence-electron chi connectivity index (χ4n) is 0.541. The summed E-state index contributed by atoms with van der Waals surface area (Å²) in [6, 6.07) is 2.03. The Labute approximate surface area is 64.0 Å². The van der Waals surface area contributed by atoms with Crippen molar-refractivity contribution in [1.82, 2.24) is 4.37 Å². The molecule has 0 fully saturated rings. The Balaban J connectivity index is 2.85. The second-order valence-corrected chi connectivity index (χ2v) is 2.99. The van der Waals surface area contributed by atoms with Gasteiger partial charge in [0.25, 0.3) is 0 Å². The Morgan fingerprint density at radius 1 is 1.78 bits per heavy atom. The third kappa shape index (κ3) is 1.84. The van der Waals surface area contributed by atoms with E-state index in [1.807, 2.05) is 19.1 Å². The Morgan fingerprint density at radius 2 is 2.56 bits per heavy atom. The molecule has 1 nitrogen and oxygen atoms in total. The van der Waals surface area contributed by atoms with Crippen LogP contribution >= 0.6 is 24.2 Å². The van der Waals surface area contributed by atoms with Gasteiger partial charge in [-0.25, -0.2) is 0 Å². The van der Waals surface area contributed by atoms with Gasteiger partial charge in [0.2, 0.25) is 0 Å². The van der Waals surface area contributed by atoms with Gasteiger partial charge >= 0.3 is 0 Å². The lowest BCUT2D eigenvalue weighted by atomic mass is 10.4. The van der Waals surface area contributed by atoms with Crippen LogP contribution in [0.3, 0.4) is 0 Å². The normalized spacial score (nSPS) is 10.9. The van der Waals surface area contributed by atoms with Crippen molar-refractivity contribution in [3.05, 3.63) is 22.0 Å². The minimum absolute atomic E-state index is 0.993. The third-order valence-corrected chi connectivity index (χ3v) is 1.75. The molecule has 0 atom stereocenters. The Morgan fingerprint density at radius 3 is 3.00 bits per heavy atom. The Hall–Kier alpha value is -0.280.